The zero-order valence-corrected chi connectivity index (χ0v) is 10.7. The van der Waals surface area contributed by atoms with Crippen LogP contribution in [0.15, 0.2) is 36.0 Å². The Morgan fingerprint density at radius 2 is 2.33 bits per heavy atom. The first kappa shape index (κ1) is 11.2. The van der Waals surface area contributed by atoms with Crippen molar-refractivity contribution in [3.63, 3.8) is 0 Å². The molecule has 90 valence electrons. The van der Waals surface area contributed by atoms with Gasteiger partial charge in [0.1, 0.15) is 6.07 Å². The van der Waals surface area contributed by atoms with Gasteiger partial charge in [0.15, 0.2) is 0 Å². The minimum atomic E-state index is 0.573. The van der Waals surface area contributed by atoms with Crippen LogP contribution in [0.3, 0.4) is 0 Å². The van der Waals surface area contributed by atoms with Gasteiger partial charge in [0, 0.05) is 17.1 Å². The Bertz CT molecular complexity index is 567. The summed E-state index contributed by atoms with van der Waals surface area (Å²) in [4.78, 5) is 7.81. The van der Waals surface area contributed by atoms with Gasteiger partial charge in [-0.25, -0.2) is 0 Å². The number of anilines is 1. The van der Waals surface area contributed by atoms with Crippen molar-refractivity contribution in [3.05, 3.63) is 46.4 Å². The Morgan fingerprint density at radius 3 is 3.00 bits per heavy atom. The predicted molar refractivity (Wildman–Crippen MR) is 72.5 cm³/mol. The summed E-state index contributed by atoms with van der Waals surface area (Å²) < 4.78 is 0. The third-order valence-corrected chi connectivity index (χ3v) is 3.99. The van der Waals surface area contributed by atoms with Gasteiger partial charge in [0.05, 0.1) is 24.0 Å². The van der Waals surface area contributed by atoms with Crippen molar-refractivity contribution in [2.24, 2.45) is 0 Å². The van der Waals surface area contributed by atoms with Crippen molar-refractivity contribution < 1.29 is 0 Å². The van der Waals surface area contributed by atoms with Crippen LogP contribution < -0.4 is 4.90 Å². The molecule has 0 aliphatic heterocycles. The fourth-order valence-corrected chi connectivity index (χ4v) is 2.78. The van der Waals surface area contributed by atoms with Crippen molar-refractivity contribution in [1.82, 2.24) is 4.98 Å². The number of nitriles is 1. The van der Waals surface area contributed by atoms with Gasteiger partial charge in [-0.3, -0.25) is 4.98 Å². The molecule has 18 heavy (non-hydrogen) atoms. The molecule has 4 heteroatoms. The maximum Gasteiger partial charge on any atom is 0.101 e. The van der Waals surface area contributed by atoms with Crippen LogP contribution >= 0.6 is 11.3 Å². The van der Waals surface area contributed by atoms with E-state index >= 15 is 0 Å². The molecular weight excluding hydrogens is 242 g/mol. The number of thiophene rings is 1. The van der Waals surface area contributed by atoms with Crippen LogP contribution in [0.2, 0.25) is 0 Å². The van der Waals surface area contributed by atoms with Crippen LogP contribution in [-0.2, 0) is 6.54 Å². The van der Waals surface area contributed by atoms with Gasteiger partial charge in [-0.15, -0.1) is 11.3 Å². The molecule has 0 bridgehead atoms. The number of aromatic nitrogens is 1. The number of hydrogen-bond acceptors (Lipinski definition) is 4. The lowest BCUT2D eigenvalue weighted by atomic mass is 10.2. The van der Waals surface area contributed by atoms with Gasteiger partial charge in [-0.2, -0.15) is 5.26 Å². The summed E-state index contributed by atoms with van der Waals surface area (Å²) in [5.41, 5.74) is 1.68. The first-order valence-corrected chi connectivity index (χ1v) is 6.89. The topological polar surface area (TPSA) is 39.9 Å². The van der Waals surface area contributed by atoms with Gasteiger partial charge in [-0.05, 0) is 30.4 Å². The Balaban J connectivity index is 1.92. The largest absolute Gasteiger partial charge is 0.361 e. The molecule has 0 N–H and O–H groups in total. The standard InChI is InChI=1S/C14H13N3S/c15-8-11-5-6-16-9-14(11)17(12-3-4-12)10-13-2-1-7-18-13/h1-2,5-7,9,12H,3-4,10H2. The van der Waals surface area contributed by atoms with Gasteiger partial charge >= 0.3 is 0 Å². The first-order chi connectivity index (χ1) is 8.88. The third-order valence-electron chi connectivity index (χ3n) is 3.12. The molecule has 1 aliphatic carbocycles. The van der Waals surface area contributed by atoms with Crippen molar-refractivity contribution in [2.75, 3.05) is 4.90 Å². The van der Waals surface area contributed by atoms with Crippen LogP contribution in [0.5, 0.6) is 0 Å². The zero-order valence-electron chi connectivity index (χ0n) is 9.91. The highest BCUT2D eigenvalue weighted by atomic mass is 32.1. The lowest BCUT2D eigenvalue weighted by Crippen LogP contribution is -2.25. The Kier molecular flexibility index (Phi) is 2.99. The third kappa shape index (κ3) is 2.22. The second-order valence-electron chi connectivity index (χ2n) is 4.44. The van der Waals surface area contributed by atoms with Crippen molar-refractivity contribution in [3.8, 4) is 6.07 Å². The van der Waals surface area contributed by atoms with E-state index < -0.39 is 0 Å². The summed E-state index contributed by atoms with van der Waals surface area (Å²) in [5.74, 6) is 0. The van der Waals surface area contributed by atoms with E-state index in [9.17, 15) is 5.26 Å². The molecule has 0 unspecified atom stereocenters. The van der Waals surface area contributed by atoms with E-state index in [1.807, 2.05) is 6.20 Å². The fourth-order valence-electron chi connectivity index (χ4n) is 2.08. The van der Waals surface area contributed by atoms with E-state index in [1.165, 1.54) is 17.7 Å². The highest BCUT2D eigenvalue weighted by Crippen LogP contribution is 2.34. The molecule has 3 rings (SSSR count). The summed E-state index contributed by atoms with van der Waals surface area (Å²) in [5, 5.41) is 11.3. The van der Waals surface area contributed by atoms with Gasteiger partial charge in [0.2, 0.25) is 0 Å². The molecule has 1 aliphatic rings. The summed E-state index contributed by atoms with van der Waals surface area (Å²) >= 11 is 1.76. The molecule has 0 spiro atoms. The zero-order chi connectivity index (χ0) is 12.4. The average Bonchev–Trinajstić information content (AvgIpc) is 3.13. The highest BCUT2D eigenvalue weighted by Gasteiger charge is 2.30. The van der Waals surface area contributed by atoms with E-state index in [0.29, 0.717) is 11.6 Å². The smallest absolute Gasteiger partial charge is 0.101 e. The van der Waals surface area contributed by atoms with Crippen molar-refractivity contribution >= 4 is 17.0 Å². The Morgan fingerprint density at radius 1 is 1.44 bits per heavy atom. The molecule has 2 aromatic rings. The second-order valence-corrected chi connectivity index (χ2v) is 5.48. The molecule has 2 aromatic heterocycles. The highest BCUT2D eigenvalue weighted by molar-refractivity contribution is 7.09. The van der Waals surface area contributed by atoms with Crippen LogP contribution in [0.1, 0.15) is 23.3 Å². The average molecular weight is 255 g/mol. The Labute approximate surface area is 110 Å². The van der Waals surface area contributed by atoms with Gasteiger partial charge in [-0.1, -0.05) is 6.07 Å². The fraction of sp³-hybridized carbons (Fsp3) is 0.286. The second kappa shape index (κ2) is 4.79. The summed E-state index contributed by atoms with van der Waals surface area (Å²) in [6.07, 6.45) is 5.92. The maximum absolute atomic E-state index is 9.19. The number of nitrogens with zero attached hydrogens (tertiary/aromatic N) is 3. The minimum Gasteiger partial charge on any atom is -0.361 e. The molecular formula is C14H13N3S. The molecule has 0 amide bonds. The summed E-state index contributed by atoms with van der Waals surface area (Å²) in [6, 6.07) is 8.83. The molecule has 1 saturated carbocycles. The number of rotatable bonds is 4. The quantitative estimate of drug-likeness (QED) is 0.842. The molecule has 0 radical (unpaired) electrons. The number of hydrogen-bond donors (Lipinski definition) is 0. The molecule has 3 nitrogen and oxygen atoms in total. The van der Waals surface area contributed by atoms with Crippen molar-refractivity contribution in [2.45, 2.75) is 25.4 Å². The molecule has 2 heterocycles. The SMILES string of the molecule is N#Cc1ccncc1N(Cc1cccs1)C1CC1. The monoisotopic (exact) mass is 255 g/mol. The van der Waals surface area contributed by atoms with Crippen LogP contribution in [0.4, 0.5) is 5.69 Å². The van der Waals surface area contributed by atoms with E-state index in [0.717, 1.165) is 12.2 Å². The maximum atomic E-state index is 9.19. The van der Waals surface area contributed by atoms with E-state index in [4.69, 9.17) is 0 Å². The molecule has 1 fully saturated rings. The summed E-state index contributed by atoms with van der Waals surface area (Å²) in [6.45, 7) is 0.878. The van der Waals surface area contributed by atoms with E-state index in [2.05, 4.69) is 33.5 Å². The van der Waals surface area contributed by atoms with E-state index in [-0.39, 0.29) is 0 Å². The first-order valence-electron chi connectivity index (χ1n) is 6.01. The molecule has 0 aromatic carbocycles. The van der Waals surface area contributed by atoms with Crippen LogP contribution in [-0.4, -0.2) is 11.0 Å². The normalized spacial score (nSPS) is 14.2. The van der Waals surface area contributed by atoms with Crippen LogP contribution in [0, 0.1) is 11.3 Å². The lowest BCUT2D eigenvalue weighted by molar-refractivity contribution is 0.799. The van der Waals surface area contributed by atoms with E-state index in [1.54, 1.807) is 23.6 Å². The summed E-state index contributed by atoms with van der Waals surface area (Å²) in [7, 11) is 0. The Hall–Kier alpha value is -1.86. The minimum absolute atomic E-state index is 0.573. The van der Waals surface area contributed by atoms with Gasteiger partial charge in [0.25, 0.3) is 0 Å². The van der Waals surface area contributed by atoms with Gasteiger partial charge < -0.3 is 4.90 Å². The molecule has 0 saturated heterocycles. The number of pyridine rings is 1. The predicted octanol–water partition coefficient (Wildman–Crippen LogP) is 3.18. The molecule has 0 atom stereocenters. The van der Waals surface area contributed by atoms with Crippen molar-refractivity contribution in [1.29, 1.82) is 5.26 Å². The lowest BCUT2D eigenvalue weighted by Gasteiger charge is -2.24. The van der Waals surface area contributed by atoms with Crippen LogP contribution in [0.25, 0.3) is 0 Å².